The summed E-state index contributed by atoms with van der Waals surface area (Å²) in [5.41, 5.74) is 3.68. The van der Waals surface area contributed by atoms with Crippen molar-refractivity contribution in [3.8, 4) is 22.1 Å². The van der Waals surface area contributed by atoms with E-state index in [4.69, 9.17) is 26.1 Å². The largest absolute Gasteiger partial charge is 0.493 e. The van der Waals surface area contributed by atoms with Gasteiger partial charge in [0.25, 0.3) is 0 Å². The van der Waals surface area contributed by atoms with Crippen LogP contribution in [0.2, 0.25) is 5.02 Å². The van der Waals surface area contributed by atoms with Gasteiger partial charge in [0.2, 0.25) is 0 Å². The maximum absolute atomic E-state index is 12.8. The summed E-state index contributed by atoms with van der Waals surface area (Å²) in [6.45, 7) is 3.09. The number of ether oxygens (including phenoxy) is 2. The molecule has 0 fully saturated rings. The number of rotatable bonds is 4. The lowest BCUT2D eigenvalue weighted by Crippen LogP contribution is -2.38. The third-order valence-corrected chi connectivity index (χ3v) is 6.46. The van der Waals surface area contributed by atoms with E-state index in [-0.39, 0.29) is 6.03 Å². The van der Waals surface area contributed by atoms with Gasteiger partial charge in [0, 0.05) is 23.4 Å². The Morgan fingerprint density at radius 3 is 2.70 bits per heavy atom. The molecule has 4 rings (SSSR count). The van der Waals surface area contributed by atoms with Crippen molar-refractivity contribution >= 4 is 34.7 Å². The Hall–Kier alpha value is -2.77. The molecule has 0 radical (unpaired) electrons. The van der Waals surface area contributed by atoms with E-state index in [0.29, 0.717) is 41.7 Å². The second-order valence-electron chi connectivity index (χ2n) is 7.04. The van der Waals surface area contributed by atoms with E-state index in [0.717, 1.165) is 26.7 Å². The molecule has 8 heteroatoms. The number of nitrogens with zero attached hydrogens (tertiary/aromatic N) is 2. The number of anilines is 1. The first-order chi connectivity index (χ1) is 14.5. The van der Waals surface area contributed by atoms with Crippen molar-refractivity contribution in [3.63, 3.8) is 0 Å². The van der Waals surface area contributed by atoms with Gasteiger partial charge in [0.15, 0.2) is 11.5 Å². The molecule has 1 aliphatic heterocycles. The Morgan fingerprint density at radius 1 is 1.17 bits per heavy atom. The minimum absolute atomic E-state index is 0.160. The number of aryl methyl sites for hydroxylation is 1. The molecule has 1 aromatic heterocycles. The molecule has 156 valence electrons. The standard InChI is InChI=1S/C22H22ClN3O3S/c1-13-4-6-16(15(23)10-13)25-22(27)26-9-8-17-20(12-26)30-21(24-17)14-5-7-18(28-2)19(11-14)29-3/h4-7,10-11H,8-9,12H2,1-3H3,(H,25,27). The van der Waals surface area contributed by atoms with Crippen LogP contribution in [0.15, 0.2) is 36.4 Å². The van der Waals surface area contributed by atoms with Crippen LogP contribution in [0.4, 0.5) is 10.5 Å². The quantitative estimate of drug-likeness (QED) is 0.588. The molecule has 2 amide bonds. The molecular formula is C22H22ClN3O3S. The van der Waals surface area contributed by atoms with Gasteiger partial charge in [-0.3, -0.25) is 0 Å². The first-order valence-electron chi connectivity index (χ1n) is 9.51. The Bertz CT molecular complexity index is 1100. The second kappa shape index (κ2) is 8.53. The molecule has 0 saturated heterocycles. The fourth-order valence-corrected chi connectivity index (χ4v) is 4.78. The minimum Gasteiger partial charge on any atom is -0.493 e. The lowest BCUT2D eigenvalue weighted by Gasteiger charge is -2.26. The number of halogens is 1. The van der Waals surface area contributed by atoms with E-state index < -0.39 is 0 Å². The van der Waals surface area contributed by atoms with Crippen LogP contribution in [0, 0.1) is 6.92 Å². The third-order valence-electron chi connectivity index (χ3n) is 5.02. The minimum atomic E-state index is -0.160. The number of methoxy groups -OCH3 is 2. The summed E-state index contributed by atoms with van der Waals surface area (Å²) in [5.74, 6) is 1.35. The van der Waals surface area contributed by atoms with Gasteiger partial charge in [-0.05, 0) is 42.8 Å². The number of nitrogens with one attached hydrogen (secondary N) is 1. The van der Waals surface area contributed by atoms with Gasteiger partial charge in [-0.1, -0.05) is 17.7 Å². The second-order valence-corrected chi connectivity index (χ2v) is 8.53. The van der Waals surface area contributed by atoms with Crippen LogP contribution in [-0.2, 0) is 13.0 Å². The number of benzene rings is 2. The van der Waals surface area contributed by atoms with Gasteiger partial charge in [-0.15, -0.1) is 11.3 Å². The average Bonchev–Trinajstić information content (AvgIpc) is 3.18. The summed E-state index contributed by atoms with van der Waals surface area (Å²) in [7, 11) is 3.23. The van der Waals surface area contributed by atoms with E-state index in [2.05, 4.69) is 5.32 Å². The molecule has 0 unspecified atom stereocenters. The van der Waals surface area contributed by atoms with Crippen LogP contribution in [-0.4, -0.2) is 36.7 Å². The zero-order valence-electron chi connectivity index (χ0n) is 17.0. The van der Waals surface area contributed by atoms with Gasteiger partial charge in [0.05, 0.1) is 37.2 Å². The van der Waals surface area contributed by atoms with Crippen LogP contribution >= 0.6 is 22.9 Å². The van der Waals surface area contributed by atoms with E-state index in [1.807, 2.05) is 43.3 Å². The van der Waals surface area contributed by atoms with E-state index in [9.17, 15) is 4.79 Å². The van der Waals surface area contributed by atoms with E-state index >= 15 is 0 Å². The Morgan fingerprint density at radius 2 is 1.97 bits per heavy atom. The number of hydrogen-bond donors (Lipinski definition) is 1. The molecule has 1 N–H and O–H groups in total. The van der Waals surface area contributed by atoms with Gasteiger partial charge in [0.1, 0.15) is 5.01 Å². The smallest absolute Gasteiger partial charge is 0.322 e. The monoisotopic (exact) mass is 443 g/mol. The molecule has 1 aliphatic rings. The van der Waals surface area contributed by atoms with Crippen LogP contribution < -0.4 is 14.8 Å². The molecule has 6 nitrogen and oxygen atoms in total. The molecule has 0 aliphatic carbocycles. The molecule has 0 atom stereocenters. The first-order valence-corrected chi connectivity index (χ1v) is 10.7. The highest BCUT2D eigenvalue weighted by Gasteiger charge is 2.25. The van der Waals surface area contributed by atoms with Crippen molar-refractivity contribution in [3.05, 3.63) is 57.6 Å². The van der Waals surface area contributed by atoms with Crippen LogP contribution in [0.3, 0.4) is 0 Å². The predicted octanol–water partition coefficient (Wildman–Crippen LogP) is 5.38. The number of hydrogen-bond acceptors (Lipinski definition) is 5. The van der Waals surface area contributed by atoms with Crippen molar-refractivity contribution < 1.29 is 14.3 Å². The Labute approximate surface area is 184 Å². The molecule has 0 spiro atoms. The summed E-state index contributed by atoms with van der Waals surface area (Å²) in [5, 5.41) is 4.36. The third kappa shape index (κ3) is 4.08. The van der Waals surface area contributed by atoms with E-state index in [1.54, 1.807) is 30.5 Å². The van der Waals surface area contributed by atoms with Crippen molar-refractivity contribution in [1.29, 1.82) is 0 Å². The SMILES string of the molecule is COc1ccc(-c2nc3c(s2)CN(C(=O)Nc2ccc(C)cc2Cl)CC3)cc1OC. The molecule has 0 saturated carbocycles. The van der Waals surface area contributed by atoms with E-state index in [1.165, 1.54) is 0 Å². The summed E-state index contributed by atoms with van der Waals surface area (Å²) in [4.78, 5) is 20.4. The Balaban J connectivity index is 1.51. The Kier molecular flexibility index (Phi) is 5.83. The predicted molar refractivity (Wildman–Crippen MR) is 120 cm³/mol. The zero-order chi connectivity index (χ0) is 21.3. The fourth-order valence-electron chi connectivity index (χ4n) is 3.38. The lowest BCUT2D eigenvalue weighted by molar-refractivity contribution is 0.207. The molecule has 2 heterocycles. The van der Waals surface area contributed by atoms with Gasteiger partial charge >= 0.3 is 6.03 Å². The fraction of sp³-hybridized carbons (Fsp3) is 0.273. The molecular weight excluding hydrogens is 422 g/mol. The highest BCUT2D eigenvalue weighted by Crippen LogP contribution is 2.36. The molecule has 0 bridgehead atoms. The number of thiazole rings is 1. The topological polar surface area (TPSA) is 63.7 Å². The summed E-state index contributed by atoms with van der Waals surface area (Å²) in [6.07, 6.45) is 0.716. The number of fused-ring (bicyclic) bond motifs is 1. The van der Waals surface area contributed by atoms with Gasteiger partial charge in [-0.25, -0.2) is 9.78 Å². The maximum atomic E-state index is 12.8. The van der Waals surface area contributed by atoms with Crippen LogP contribution in [0.25, 0.3) is 10.6 Å². The highest BCUT2D eigenvalue weighted by molar-refractivity contribution is 7.15. The number of amides is 2. The number of urea groups is 1. The van der Waals surface area contributed by atoms with Crippen molar-refractivity contribution in [2.75, 3.05) is 26.1 Å². The normalized spacial score (nSPS) is 13.0. The van der Waals surface area contributed by atoms with Crippen molar-refractivity contribution in [1.82, 2.24) is 9.88 Å². The van der Waals surface area contributed by atoms with Crippen molar-refractivity contribution in [2.45, 2.75) is 19.9 Å². The average molecular weight is 444 g/mol. The first kappa shape index (κ1) is 20.5. The maximum Gasteiger partial charge on any atom is 0.322 e. The summed E-state index contributed by atoms with van der Waals surface area (Å²) in [6, 6.07) is 11.2. The van der Waals surface area contributed by atoms with Crippen LogP contribution in [0.1, 0.15) is 16.1 Å². The number of carbonyl (C=O) groups excluding carboxylic acids is 1. The zero-order valence-corrected chi connectivity index (χ0v) is 18.6. The van der Waals surface area contributed by atoms with Crippen molar-refractivity contribution in [2.24, 2.45) is 0 Å². The lowest BCUT2D eigenvalue weighted by atomic mass is 10.1. The molecule has 30 heavy (non-hydrogen) atoms. The highest BCUT2D eigenvalue weighted by atomic mass is 35.5. The van der Waals surface area contributed by atoms with Gasteiger partial charge in [-0.2, -0.15) is 0 Å². The molecule has 2 aromatic carbocycles. The summed E-state index contributed by atoms with van der Waals surface area (Å²) < 4.78 is 10.7. The van der Waals surface area contributed by atoms with Gasteiger partial charge < -0.3 is 19.7 Å². The summed E-state index contributed by atoms with van der Waals surface area (Å²) >= 11 is 7.85. The van der Waals surface area contributed by atoms with Crippen LogP contribution in [0.5, 0.6) is 11.5 Å². The number of aromatic nitrogens is 1. The number of carbonyl (C=O) groups is 1. The molecule has 3 aromatic rings.